The summed E-state index contributed by atoms with van der Waals surface area (Å²) in [6.45, 7) is 0.352. The van der Waals surface area contributed by atoms with Crippen LogP contribution in [0.4, 0.5) is 4.79 Å². The molecule has 12 nitrogen and oxygen atoms in total. The van der Waals surface area contributed by atoms with Gasteiger partial charge < -0.3 is 25.6 Å². The number of hydrogen-bond donors (Lipinski definition) is 5. The van der Waals surface area contributed by atoms with Crippen molar-refractivity contribution in [3.63, 3.8) is 0 Å². The van der Waals surface area contributed by atoms with Gasteiger partial charge in [-0.05, 0) is 23.6 Å². The number of carbonyl (C=O) groups is 5. The van der Waals surface area contributed by atoms with E-state index < -0.39 is 30.0 Å². The molecule has 1 fully saturated rings. The average molecular weight is 454 g/mol. The molecular weight excluding hydrogens is 432 g/mol. The largest absolute Gasteiger partial charge is 0.465 e. The highest BCUT2D eigenvalue weighted by Gasteiger charge is 2.39. The zero-order valence-corrected chi connectivity index (χ0v) is 17.5. The van der Waals surface area contributed by atoms with Crippen molar-refractivity contribution in [3.8, 4) is 0 Å². The predicted octanol–water partition coefficient (Wildman–Crippen LogP) is -0.334. The van der Waals surface area contributed by atoms with Crippen molar-refractivity contribution in [2.75, 3.05) is 0 Å². The molecule has 172 valence electrons. The zero-order valence-electron chi connectivity index (χ0n) is 17.5. The summed E-state index contributed by atoms with van der Waals surface area (Å²) in [5.74, 6) is -1.61. The normalized spacial score (nSPS) is 18.5. The highest BCUT2D eigenvalue weighted by Crippen LogP contribution is 2.28. The van der Waals surface area contributed by atoms with Crippen molar-refractivity contribution < 1.29 is 29.1 Å². The summed E-state index contributed by atoms with van der Waals surface area (Å²) in [5, 5.41) is 16.2. The molecule has 0 bridgehead atoms. The third kappa shape index (κ3) is 4.84. The van der Waals surface area contributed by atoms with Crippen LogP contribution in [-0.4, -0.2) is 61.8 Å². The van der Waals surface area contributed by atoms with Crippen molar-refractivity contribution in [1.29, 1.82) is 0 Å². The highest BCUT2D eigenvalue weighted by atomic mass is 16.4. The minimum Gasteiger partial charge on any atom is -0.465 e. The number of imidazole rings is 1. The summed E-state index contributed by atoms with van der Waals surface area (Å²) in [5.41, 5.74) is 2.51. The van der Waals surface area contributed by atoms with Crippen LogP contribution in [0.5, 0.6) is 0 Å². The van der Waals surface area contributed by atoms with E-state index in [1.54, 1.807) is 18.2 Å². The van der Waals surface area contributed by atoms with Crippen LogP contribution in [-0.2, 0) is 33.9 Å². The van der Waals surface area contributed by atoms with E-state index >= 15 is 0 Å². The van der Waals surface area contributed by atoms with Crippen LogP contribution in [0.15, 0.2) is 30.7 Å². The van der Waals surface area contributed by atoms with Gasteiger partial charge in [-0.3, -0.25) is 24.5 Å². The fourth-order valence-electron chi connectivity index (χ4n) is 4.02. The van der Waals surface area contributed by atoms with Crippen molar-refractivity contribution in [2.24, 2.45) is 0 Å². The third-order valence-corrected chi connectivity index (χ3v) is 5.65. The molecule has 1 aromatic carbocycles. The minimum atomic E-state index is -1.32. The number of carboxylic acid groups (broad SMARTS) is 1. The van der Waals surface area contributed by atoms with Crippen molar-refractivity contribution in [2.45, 2.75) is 44.4 Å². The zero-order chi connectivity index (χ0) is 23.5. The molecule has 0 radical (unpaired) electrons. The van der Waals surface area contributed by atoms with Gasteiger partial charge in [0, 0.05) is 43.4 Å². The number of aromatic amines is 1. The van der Waals surface area contributed by atoms with E-state index in [9.17, 15) is 24.0 Å². The Morgan fingerprint density at radius 1 is 1.27 bits per heavy atom. The number of piperidine rings is 1. The number of carbonyl (C=O) groups excluding carboxylic acids is 4. The molecule has 0 spiro atoms. The van der Waals surface area contributed by atoms with E-state index in [4.69, 9.17) is 5.11 Å². The van der Waals surface area contributed by atoms with Crippen LogP contribution < -0.4 is 16.0 Å². The van der Waals surface area contributed by atoms with Crippen molar-refractivity contribution >= 4 is 29.7 Å². The molecule has 33 heavy (non-hydrogen) atoms. The number of rotatable bonds is 7. The van der Waals surface area contributed by atoms with Crippen LogP contribution in [0.1, 0.15) is 40.0 Å². The Kier molecular flexibility index (Phi) is 6.07. The summed E-state index contributed by atoms with van der Waals surface area (Å²) in [7, 11) is 0. The lowest BCUT2D eigenvalue weighted by Crippen LogP contribution is -2.52. The van der Waals surface area contributed by atoms with Crippen molar-refractivity contribution in [3.05, 3.63) is 53.1 Å². The monoisotopic (exact) mass is 454 g/mol. The molecule has 2 aromatic rings. The molecule has 5 amide bonds. The molecule has 3 heterocycles. The fourth-order valence-corrected chi connectivity index (χ4v) is 4.02. The maximum absolute atomic E-state index is 12.8. The first-order valence-electron chi connectivity index (χ1n) is 10.3. The molecule has 2 aliphatic heterocycles. The van der Waals surface area contributed by atoms with Gasteiger partial charge in [0.2, 0.25) is 17.7 Å². The minimum absolute atomic E-state index is 0.109. The van der Waals surface area contributed by atoms with E-state index in [2.05, 4.69) is 25.9 Å². The molecular formula is C21H22N6O6. The number of fused-ring (bicyclic) bond motifs is 1. The van der Waals surface area contributed by atoms with Gasteiger partial charge in [0.1, 0.15) is 12.1 Å². The lowest BCUT2D eigenvalue weighted by atomic mass is 10.0. The van der Waals surface area contributed by atoms with Gasteiger partial charge in [-0.2, -0.15) is 0 Å². The number of imide groups is 1. The van der Waals surface area contributed by atoms with Crippen LogP contribution in [0.2, 0.25) is 0 Å². The Morgan fingerprint density at radius 2 is 2.09 bits per heavy atom. The maximum Gasteiger partial charge on any atom is 0.405 e. The second-order valence-electron chi connectivity index (χ2n) is 7.89. The highest BCUT2D eigenvalue weighted by molar-refractivity contribution is 6.05. The molecule has 0 aliphatic carbocycles. The molecule has 2 aliphatic rings. The standard InChI is InChI=1S/C21H22N6O6/c28-17-4-3-16(19(30)26-17)27-9-12-5-11(1-2-14(12)20(27)31)7-23-18(29)15(25-21(32)33)6-13-8-22-10-24-13/h1-2,5,8,10,15-16,25H,3-4,6-7,9H2,(H,22,24)(H,23,29)(H,32,33)(H,26,28,30)/t15-,16+/m0/s1. The molecule has 0 unspecified atom stereocenters. The topological polar surface area (TPSA) is 174 Å². The molecule has 0 saturated carbocycles. The summed E-state index contributed by atoms with van der Waals surface area (Å²) in [6.07, 6.45) is 2.20. The average Bonchev–Trinajstić information content (AvgIpc) is 3.39. The lowest BCUT2D eigenvalue weighted by Gasteiger charge is -2.29. The molecule has 4 rings (SSSR count). The van der Waals surface area contributed by atoms with E-state index in [1.165, 1.54) is 17.4 Å². The van der Waals surface area contributed by atoms with Gasteiger partial charge in [-0.1, -0.05) is 12.1 Å². The third-order valence-electron chi connectivity index (χ3n) is 5.65. The van der Waals surface area contributed by atoms with Crippen LogP contribution >= 0.6 is 0 Å². The van der Waals surface area contributed by atoms with Gasteiger partial charge in [0.15, 0.2) is 0 Å². The van der Waals surface area contributed by atoms with Crippen LogP contribution in [0.25, 0.3) is 0 Å². The van der Waals surface area contributed by atoms with Gasteiger partial charge >= 0.3 is 6.09 Å². The first-order chi connectivity index (χ1) is 15.8. The summed E-state index contributed by atoms with van der Waals surface area (Å²) in [4.78, 5) is 68.1. The Morgan fingerprint density at radius 3 is 2.79 bits per heavy atom. The second-order valence-corrected chi connectivity index (χ2v) is 7.89. The molecule has 2 atom stereocenters. The molecule has 12 heteroatoms. The van der Waals surface area contributed by atoms with Gasteiger partial charge in [0.05, 0.1) is 6.33 Å². The Balaban J connectivity index is 1.40. The van der Waals surface area contributed by atoms with Crippen LogP contribution in [0, 0.1) is 0 Å². The Hall–Kier alpha value is -4.22. The van der Waals surface area contributed by atoms with Gasteiger partial charge in [-0.25, -0.2) is 9.78 Å². The number of aromatic nitrogens is 2. The maximum atomic E-state index is 12.8. The Bertz CT molecular complexity index is 1110. The number of benzene rings is 1. The fraction of sp³-hybridized carbons (Fsp3) is 0.333. The number of hydrogen-bond acceptors (Lipinski definition) is 6. The van der Waals surface area contributed by atoms with Gasteiger partial charge in [0.25, 0.3) is 5.91 Å². The van der Waals surface area contributed by atoms with Gasteiger partial charge in [-0.15, -0.1) is 0 Å². The van der Waals surface area contributed by atoms with E-state index in [1.807, 2.05) is 0 Å². The SMILES string of the molecule is O=C(O)N[C@@H](Cc1cnc[nH]1)C(=O)NCc1ccc2c(c1)CN([C@@H]1CCC(=O)NC1=O)C2=O. The second kappa shape index (κ2) is 9.10. The first-order valence-corrected chi connectivity index (χ1v) is 10.3. The number of nitrogens with one attached hydrogen (secondary N) is 4. The summed E-state index contributed by atoms with van der Waals surface area (Å²) < 4.78 is 0. The number of H-pyrrole nitrogens is 1. The van der Waals surface area contributed by atoms with E-state index in [-0.39, 0.29) is 44.2 Å². The summed E-state index contributed by atoms with van der Waals surface area (Å²) in [6, 6.07) is 3.40. The van der Waals surface area contributed by atoms with E-state index in [0.717, 1.165) is 5.56 Å². The Labute approximate surface area is 187 Å². The van der Waals surface area contributed by atoms with Crippen LogP contribution in [0.3, 0.4) is 0 Å². The predicted molar refractivity (Wildman–Crippen MR) is 112 cm³/mol. The number of amides is 5. The smallest absolute Gasteiger partial charge is 0.405 e. The number of nitrogens with zero attached hydrogens (tertiary/aromatic N) is 2. The molecule has 5 N–H and O–H groups in total. The lowest BCUT2D eigenvalue weighted by molar-refractivity contribution is -0.137. The van der Waals surface area contributed by atoms with E-state index in [0.29, 0.717) is 16.8 Å². The molecule has 1 saturated heterocycles. The van der Waals surface area contributed by atoms with Crippen molar-refractivity contribution in [1.82, 2.24) is 30.8 Å². The first kappa shape index (κ1) is 22.0. The summed E-state index contributed by atoms with van der Waals surface area (Å²) >= 11 is 0. The molecule has 1 aromatic heterocycles. The quantitative estimate of drug-likeness (QED) is 0.356.